The molecule has 0 bridgehead atoms. The summed E-state index contributed by atoms with van der Waals surface area (Å²) in [6, 6.07) is 32.7. The minimum atomic E-state index is -2.62. The molecule has 3 aliphatic rings. The van der Waals surface area contributed by atoms with Crippen LogP contribution < -0.4 is 10.4 Å². The van der Waals surface area contributed by atoms with Crippen LogP contribution in [0.4, 0.5) is 0 Å². The van der Waals surface area contributed by atoms with Gasteiger partial charge in [0.05, 0.1) is 31.5 Å². The van der Waals surface area contributed by atoms with Crippen molar-refractivity contribution in [3.63, 3.8) is 0 Å². The van der Waals surface area contributed by atoms with Gasteiger partial charge in [-0.1, -0.05) is 118 Å². The third kappa shape index (κ3) is 6.10. The van der Waals surface area contributed by atoms with Crippen molar-refractivity contribution in [3.8, 4) is 0 Å². The van der Waals surface area contributed by atoms with E-state index < -0.39 is 8.32 Å². The fourth-order valence-electron chi connectivity index (χ4n) is 8.53. The zero-order valence-electron chi connectivity index (χ0n) is 26.9. The molecule has 1 saturated carbocycles. The smallest absolute Gasteiger partial charge is 0.261 e. The summed E-state index contributed by atoms with van der Waals surface area (Å²) in [7, 11) is -2.62. The molecule has 5 nitrogen and oxygen atoms in total. The summed E-state index contributed by atoms with van der Waals surface area (Å²) in [5.74, 6) is 0.377. The number of aliphatic hydroxyl groups is 1. The summed E-state index contributed by atoms with van der Waals surface area (Å²) in [5, 5.41) is 15.5. The number of piperidine rings is 1. The van der Waals surface area contributed by atoms with Crippen LogP contribution in [-0.2, 0) is 20.6 Å². The molecule has 6 heteroatoms. The zero-order valence-corrected chi connectivity index (χ0v) is 27.9. The van der Waals surface area contributed by atoms with Gasteiger partial charge in [0.15, 0.2) is 0 Å². The standard InChI is InChI=1S/C38H51NO4Si/c1-37(2,3)44(34-19-9-5-10-20-34,35-21-11-6-12-22-35)42-29-32-17-13-23-38(32)24-14-18-33-25-36(43-39(33)38)31(26-40)28-41-27-30-15-7-4-8-16-30/h4-12,15-16,19-22,31-33,36,40H,13-14,17-18,23-29H2,1-3H3/t31-,32+,33-,36+,38-/m0/s1. The van der Waals surface area contributed by atoms with Gasteiger partial charge in [0.1, 0.15) is 0 Å². The van der Waals surface area contributed by atoms with E-state index >= 15 is 0 Å². The predicted octanol–water partition coefficient (Wildman–Crippen LogP) is 6.49. The number of aliphatic hydroxyl groups excluding tert-OH is 1. The maximum Gasteiger partial charge on any atom is 0.261 e. The lowest BCUT2D eigenvalue weighted by atomic mass is 9.77. The number of hydroxylamine groups is 2. The van der Waals surface area contributed by atoms with Crippen LogP contribution in [0.15, 0.2) is 91.0 Å². The van der Waals surface area contributed by atoms with Crippen LogP contribution in [-0.4, -0.2) is 56.0 Å². The largest absolute Gasteiger partial charge is 0.407 e. The van der Waals surface area contributed by atoms with Gasteiger partial charge >= 0.3 is 0 Å². The highest BCUT2D eigenvalue weighted by Gasteiger charge is 2.57. The fourth-order valence-corrected chi connectivity index (χ4v) is 13.1. The molecule has 1 spiro atoms. The van der Waals surface area contributed by atoms with Crippen molar-refractivity contribution in [1.29, 1.82) is 0 Å². The van der Waals surface area contributed by atoms with E-state index in [1.165, 1.54) is 29.6 Å². The van der Waals surface area contributed by atoms with Crippen molar-refractivity contribution < 1.29 is 19.1 Å². The molecule has 6 rings (SSSR count). The third-order valence-electron chi connectivity index (χ3n) is 10.7. The lowest BCUT2D eigenvalue weighted by molar-refractivity contribution is -0.260. The van der Waals surface area contributed by atoms with Gasteiger partial charge < -0.3 is 14.3 Å². The summed E-state index contributed by atoms with van der Waals surface area (Å²) in [4.78, 5) is 6.91. The molecule has 2 aliphatic heterocycles. The molecule has 3 aromatic rings. The second-order valence-electron chi connectivity index (χ2n) is 14.4. The molecule has 0 aromatic heterocycles. The number of nitrogens with zero attached hydrogens (tertiary/aromatic N) is 1. The van der Waals surface area contributed by atoms with Crippen molar-refractivity contribution in [2.24, 2.45) is 11.8 Å². The van der Waals surface area contributed by atoms with Crippen LogP contribution in [0.25, 0.3) is 0 Å². The Bertz CT molecular complexity index is 1280. The molecule has 44 heavy (non-hydrogen) atoms. The summed E-state index contributed by atoms with van der Waals surface area (Å²) in [6.07, 6.45) is 8.00. The van der Waals surface area contributed by atoms with E-state index in [0.717, 1.165) is 37.9 Å². The lowest BCUT2D eigenvalue weighted by Gasteiger charge is -2.50. The number of rotatable bonds is 11. The van der Waals surface area contributed by atoms with Crippen molar-refractivity contribution in [1.82, 2.24) is 5.06 Å². The molecule has 5 atom stereocenters. The highest BCUT2D eigenvalue weighted by atomic mass is 28.4. The predicted molar refractivity (Wildman–Crippen MR) is 179 cm³/mol. The van der Waals surface area contributed by atoms with Crippen LogP contribution in [0, 0.1) is 11.8 Å². The Morgan fingerprint density at radius 1 is 0.886 bits per heavy atom. The normalized spacial score (nSPS) is 26.6. The van der Waals surface area contributed by atoms with E-state index in [4.69, 9.17) is 14.0 Å². The first-order valence-corrected chi connectivity index (χ1v) is 18.7. The van der Waals surface area contributed by atoms with E-state index in [-0.39, 0.29) is 29.2 Å². The number of ether oxygens (including phenoxy) is 1. The van der Waals surface area contributed by atoms with Crippen molar-refractivity contribution in [2.45, 2.75) is 95.0 Å². The SMILES string of the molecule is CC(C)(C)[Si](OC[C@H]1CCC[C@]12CCC[C@H]1C[C@H]([C@@H](CO)COCc3ccccc3)ON12)(c1ccccc1)c1ccccc1. The Morgan fingerprint density at radius 2 is 1.48 bits per heavy atom. The minimum Gasteiger partial charge on any atom is -0.407 e. The van der Waals surface area contributed by atoms with Gasteiger partial charge in [0.2, 0.25) is 0 Å². The maximum atomic E-state index is 10.4. The Hall–Kier alpha value is -2.32. The molecule has 1 N–H and O–H groups in total. The topological polar surface area (TPSA) is 51.2 Å². The molecule has 2 heterocycles. The van der Waals surface area contributed by atoms with Gasteiger partial charge in [-0.3, -0.25) is 4.84 Å². The Kier molecular flexibility index (Phi) is 9.77. The van der Waals surface area contributed by atoms with Gasteiger partial charge in [0, 0.05) is 24.5 Å². The molecule has 3 fully saturated rings. The Morgan fingerprint density at radius 3 is 2.07 bits per heavy atom. The first-order chi connectivity index (χ1) is 21.4. The summed E-state index contributed by atoms with van der Waals surface area (Å²) in [6.45, 7) is 8.98. The number of hydrogen-bond donors (Lipinski definition) is 1. The first kappa shape index (κ1) is 31.7. The lowest BCUT2D eigenvalue weighted by Crippen LogP contribution is -2.67. The number of fused-ring (bicyclic) bond motifs is 2. The zero-order chi connectivity index (χ0) is 30.6. The van der Waals surface area contributed by atoms with E-state index in [9.17, 15) is 5.11 Å². The van der Waals surface area contributed by atoms with Crippen molar-refractivity contribution in [2.75, 3.05) is 19.8 Å². The van der Waals surface area contributed by atoms with Gasteiger partial charge in [-0.25, -0.2) is 0 Å². The molecular formula is C38H51NO4Si. The second kappa shape index (κ2) is 13.6. The van der Waals surface area contributed by atoms with Crippen LogP contribution in [0.5, 0.6) is 0 Å². The molecular weight excluding hydrogens is 563 g/mol. The van der Waals surface area contributed by atoms with E-state index in [1.807, 2.05) is 18.2 Å². The fraction of sp³-hybridized carbons (Fsp3) is 0.526. The van der Waals surface area contributed by atoms with E-state index in [2.05, 4.69) is 98.6 Å². The monoisotopic (exact) mass is 613 g/mol. The molecule has 2 saturated heterocycles. The third-order valence-corrected chi connectivity index (χ3v) is 15.7. The molecule has 1 aliphatic carbocycles. The molecule has 0 radical (unpaired) electrons. The van der Waals surface area contributed by atoms with Crippen LogP contribution >= 0.6 is 0 Å². The van der Waals surface area contributed by atoms with Crippen LogP contribution in [0.3, 0.4) is 0 Å². The quantitative estimate of drug-likeness (QED) is 0.251. The van der Waals surface area contributed by atoms with Gasteiger partial charge in [0.25, 0.3) is 8.32 Å². The Balaban J connectivity index is 1.21. The molecule has 3 aromatic carbocycles. The van der Waals surface area contributed by atoms with E-state index in [0.29, 0.717) is 25.2 Å². The van der Waals surface area contributed by atoms with E-state index in [1.54, 1.807) is 0 Å². The molecule has 0 amide bonds. The highest BCUT2D eigenvalue weighted by Crippen LogP contribution is 2.52. The summed E-state index contributed by atoms with van der Waals surface area (Å²) in [5.41, 5.74) is 1.15. The summed E-state index contributed by atoms with van der Waals surface area (Å²) >= 11 is 0. The van der Waals surface area contributed by atoms with Gasteiger partial charge in [-0.2, -0.15) is 5.06 Å². The molecule has 236 valence electrons. The Labute approximate surface area is 265 Å². The number of hydrogen-bond acceptors (Lipinski definition) is 5. The highest BCUT2D eigenvalue weighted by molar-refractivity contribution is 6.99. The summed E-state index contributed by atoms with van der Waals surface area (Å²) < 4.78 is 13.6. The molecule has 0 unspecified atom stereocenters. The number of benzene rings is 3. The van der Waals surface area contributed by atoms with Crippen LogP contribution in [0.1, 0.15) is 71.3 Å². The maximum absolute atomic E-state index is 10.4. The van der Waals surface area contributed by atoms with Crippen molar-refractivity contribution in [3.05, 3.63) is 96.6 Å². The average Bonchev–Trinajstić information content (AvgIpc) is 3.66. The van der Waals surface area contributed by atoms with Crippen molar-refractivity contribution >= 4 is 18.7 Å². The van der Waals surface area contributed by atoms with Crippen LogP contribution in [0.2, 0.25) is 5.04 Å². The van der Waals surface area contributed by atoms with Gasteiger partial charge in [-0.15, -0.1) is 0 Å². The van der Waals surface area contributed by atoms with Gasteiger partial charge in [-0.05, 0) is 59.5 Å². The second-order valence-corrected chi connectivity index (χ2v) is 18.7. The first-order valence-electron chi connectivity index (χ1n) is 16.8. The minimum absolute atomic E-state index is 0.00598. The average molecular weight is 614 g/mol.